The van der Waals surface area contributed by atoms with Gasteiger partial charge in [-0.1, -0.05) is 30.3 Å². The Morgan fingerprint density at radius 2 is 1.83 bits per heavy atom. The van der Waals surface area contributed by atoms with Crippen molar-refractivity contribution in [2.24, 2.45) is 0 Å². The molecule has 0 aliphatic carbocycles. The smallest absolute Gasteiger partial charge is 0.0518 e. The summed E-state index contributed by atoms with van der Waals surface area (Å²) in [7, 11) is 0. The molecule has 0 aromatic heterocycles. The molecule has 0 bridgehead atoms. The van der Waals surface area contributed by atoms with Gasteiger partial charge in [0.1, 0.15) is 0 Å². The lowest BCUT2D eigenvalue weighted by Gasteiger charge is -2.14. The average Bonchev–Trinajstić information content (AvgIpc) is 2.37. The van der Waals surface area contributed by atoms with Gasteiger partial charge in [-0.3, -0.25) is 0 Å². The van der Waals surface area contributed by atoms with E-state index in [0.29, 0.717) is 12.1 Å². The maximum Gasteiger partial charge on any atom is 0.0518 e. The van der Waals surface area contributed by atoms with Crippen molar-refractivity contribution >= 4 is 0 Å². The maximum absolute atomic E-state index is 5.51. The molecule has 0 spiro atoms. The quantitative estimate of drug-likeness (QED) is 0.677. The second-order valence-electron chi connectivity index (χ2n) is 5.15. The molecule has 0 saturated carbocycles. The Balaban J connectivity index is 2.02. The molecule has 1 rings (SSSR count). The van der Waals surface area contributed by atoms with Crippen LogP contribution in [0.3, 0.4) is 0 Å². The van der Waals surface area contributed by atoms with Gasteiger partial charge >= 0.3 is 0 Å². The van der Waals surface area contributed by atoms with E-state index in [1.807, 2.05) is 0 Å². The molecule has 0 fully saturated rings. The van der Waals surface area contributed by atoms with Crippen LogP contribution in [0.4, 0.5) is 0 Å². The van der Waals surface area contributed by atoms with Crippen LogP contribution in [0, 0.1) is 0 Å². The Labute approximate surface area is 112 Å². The Morgan fingerprint density at radius 1 is 1.11 bits per heavy atom. The molecule has 0 saturated heterocycles. The fraction of sp³-hybridized carbons (Fsp3) is 0.625. The fourth-order valence-corrected chi connectivity index (χ4v) is 1.87. The van der Waals surface area contributed by atoms with Crippen LogP contribution in [-0.4, -0.2) is 25.3 Å². The van der Waals surface area contributed by atoms with Crippen molar-refractivity contribution in [1.82, 2.24) is 5.32 Å². The molecule has 18 heavy (non-hydrogen) atoms. The van der Waals surface area contributed by atoms with Crippen LogP contribution in [0.15, 0.2) is 30.3 Å². The number of hydrogen-bond acceptors (Lipinski definition) is 2. The third-order valence-corrected chi connectivity index (χ3v) is 2.97. The van der Waals surface area contributed by atoms with Crippen molar-refractivity contribution in [2.75, 3.05) is 13.2 Å². The summed E-state index contributed by atoms with van der Waals surface area (Å²) in [5, 5.41) is 3.55. The lowest BCUT2D eigenvalue weighted by molar-refractivity contribution is 0.0767. The van der Waals surface area contributed by atoms with Gasteiger partial charge in [0, 0.05) is 12.6 Å². The minimum absolute atomic E-state index is 0.348. The van der Waals surface area contributed by atoms with Gasteiger partial charge in [0.05, 0.1) is 6.10 Å². The van der Waals surface area contributed by atoms with Gasteiger partial charge in [0.15, 0.2) is 0 Å². The first-order chi connectivity index (χ1) is 8.68. The molecule has 0 aliphatic rings. The van der Waals surface area contributed by atoms with Crippen molar-refractivity contribution in [1.29, 1.82) is 0 Å². The number of aryl methyl sites for hydroxylation is 1. The summed E-state index contributed by atoms with van der Waals surface area (Å²) in [6, 6.07) is 11.3. The van der Waals surface area contributed by atoms with Crippen LogP contribution < -0.4 is 5.32 Å². The second kappa shape index (κ2) is 9.12. The molecule has 0 heterocycles. The van der Waals surface area contributed by atoms with Crippen molar-refractivity contribution < 1.29 is 4.74 Å². The van der Waals surface area contributed by atoms with E-state index in [4.69, 9.17) is 4.74 Å². The fourth-order valence-electron chi connectivity index (χ4n) is 1.87. The Morgan fingerprint density at radius 3 is 2.50 bits per heavy atom. The second-order valence-corrected chi connectivity index (χ2v) is 5.15. The van der Waals surface area contributed by atoms with Gasteiger partial charge in [-0.15, -0.1) is 0 Å². The predicted molar refractivity (Wildman–Crippen MR) is 77.9 cm³/mol. The summed E-state index contributed by atoms with van der Waals surface area (Å²) in [4.78, 5) is 0. The zero-order valence-corrected chi connectivity index (χ0v) is 12.0. The van der Waals surface area contributed by atoms with E-state index in [2.05, 4.69) is 56.4 Å². The van der Waals surface area contributed by atoms with Crippen molar-refractivity contribution in [3.8, 4) is 0 Å². The summed E-state index contributed by atoms with van der Waals surface area (Å²) in [5.41, 5.74) is 1.43. The molecular weight excluding hydrogens is 222 g/mol. The lowest BCUT2D eigenvalue weighted by atomic mass is 10.1. The van der Waals surface area contributed by atoms with Crippen LogP contribution in [-0.2, 0) is 11.2 Å². The monoisotopic (exact) mass is 249 g/mol. The standard InChI is InChI=1S/C16H27NO/c1-14(2)18-13-7-12-17-15(3)10-11-16-8-5-4-6-9-16/h4-6,8-9,14-15,17H,7,10-13H2,1-3H3. The van der Waals surface area contributed by atoms with Gasteiger partial charge < -0.3 is 10.1 Å². The third-order valence-electron chi connectivity index (χ3n) is 2.97. The van der Waals surface area contributed by atoms with Crippen LogP contribution in [0.2, 0.25) is 0 Å². The minimum atomic E-state index is 0.348. The molecule has 2 heteroatoms. The van der Waals surface area contributed by atoms with E-state index in [1.54, 1.807) is 0 Å². The highest BCUT2D eigenvalue weighted by atomic mass is 16.5. The molecule has 1 aromatic carbocycles. The van der Waals surface area contributed by atoms with Crippen LogP contribution in [0.1, 0.15) is 39.2 Å². The molecular formula is C16H27NO. The molecule has 0 amide bonds. The zero-order chi connectivity index (χ0) is 13.2. The zero-order valence-electron chi connectivity index (χ0n) is 12.0. The molecule has 2 nitrogen and oxygen atoms in total. The highest BCUT2D eigenvalue weighted by Gasteiger charge is 2.01. The van der Waals surface area contributed by atoms with E-state index in [9.17, 15) is 0 Å². The Bertz CT molecular complexity index is 297. The van der Waals surface area contributed by atoms with Gasteiger partial charge in [-0.05, 0) is 52.1 Å². The maximum atomic E-state index is 5.51. The topological polar surface area (TPSA) is 21.3 Å². The third kappa shape index (κ3) is 7.46. The summed E-state index contributed by atoms with van der Waals surface area (Å²) in [6.07, 6.45) is 3.78. The molecule has 0 aliphatic heterocycles. The number of ether oxygens (including phenoxy) is 1. The van der Waals surface area contributed by atoms with Crippen LogP contribution in [0.25, 0.3) is 0 Å². The number of benzene rings is 1. The van der Waals surface area contributed by atoms with E-state index < -0.39 is 0 Å². The summed E-state index contributed by atoms with van der Waals surface area (Å²) >= 11 is 0. The highest BCUT2D eigenvalue weighted by molar-refractivity contribution is 5.14. The summed E-state index contributed by atoms with van der Waals surface area (Å²) in [6.45, 7) is 8.32. The van der Waals surface area contributed by atoms with E-state index >= 15 is 0 Å². The Hall–Kier alpha value is -0.860. The van der Waals surface area contributed by atoms with Gasteiger partial charge in [-0.2, -0.15) is 0 Å². The lowest BCUT2D eigenvalue weighted by Crippen LogP contribution is -2.28. The van der Waals surface area contributed by atoms with E-state index in [0.717, 1.165) is 26.0 Å². The first-order valence-electron chi connectivity index (χ1n) is 7.07. The molecule has 0 radical (unpaired) electrons. The normalized spacial score (nSPS) is 12.9. The van der Waals surface area contributed by atoms with Crippen LogP contribution in [0.5, 0.6) is 0 Å². The first-order valence-corrected chi connectivity index (χ1v) is 7.07. The van der Waals surface area contributed by atoms with Crippen LogP contribution >= 0.6 is 0 Å². The highest BCUT2D eigenvalue weighted by Crippen LogP contribution is 2.04. The van der Waals surface area contributed by atoms with Gasteiger partial charge in [0.2, 0.25) is 0 Å². The van der Waals surface area contributed by atoms with E-state index in [-0.39, 0.29) is 0 Å². The number of hydrogen-bond donors (Lipinski definition) is 1. The number of nitrogens with one attached hydrogen (secondary N) is 1. The van der Waals surface area contributed by atoms with Crippen molar-refractivity contribution in [3.63, 3.8) is 0 Å². The predicted octanol–water partition coefficient (Wildman–Crippen LogP) is 3.41. The summed E-state index contributed by atoms with van der Waals surface area (Å²) in [5.74, 6) is 0. The first kappa shape index (κ1) is 15.2. The van der Waals surface area contributed by atoms with Gasteiger partial charge in [0.25, 0.3) is 0 Å². The molecule has 1 unspecified atom stereocenters. The largest absolute Gasteiger partial charge is 0.379 e. The molecule has 1 aromatic rings. The molecule has 102 valence electrons. The van der Waals surface area contributed by atoms with Crippen molar-refractivity contribution in [3.05, 3.63) is 35.9 Å². The van der Waals surface area contributed by atoms with E-state index in [1.165, 1.54) is 12.0 Å². The van der Waals surface area contributed by atoms with Gasteiger partial charge in [-0.25, -0.2) is 0 Å². The summed E-state index contributed by atoms with van der Waals surface area (Å²) < 4.78 is 5.51. The average molecular weight is 249 g/mol. The Kier molecular flexibility index (Phi) is 7.70. The van der Waals surface area contributed by atoms with Crippen molar-refractivity contribution in [2.45, 2.75) is 52.2 Å². The minimum Gasteiger partial charge on any atom is -0.379 e. The molecule has 1 N–H and O–H groups in total. The SMILES string of the molecule is CC(CCc1ccccc1)NCCCOC(C)C. The molecule has 1 atom stereocenters. The number of rotatable bonds is 9.